The summed E-state index contributed by atoms with van der Waals surface area (Å²) in [5.74, 6) is -3.33. The number of halogens is 2. The summed E-state index contributed by atoms with van der Waals surface area (Å²) in [6, 6.07) is 2.06. The van der Waals surface area contributed by atoms with E-state index in [-0.39, 0.29) is 5.56 Å². The first-order valence-electron chi connectivity index (χ1n) is 9.94. The number of nitrogens with one attached hydrogen (secondary N) is 1. The van der Waals surface area contributed by atoms with Crippen LogP contribution < -0.4 is 10.5 Å². The minimum atomic E-state index is -3.91. The van der Waals surface area contributed by atoms with Crippen LogP contribution in [0.4, 0.5) is 14.9 Å². The van der Waals surface area contributed by atoms with E-state index in [0.29, 0.717) is 5.69 Å². The van der Waals surface area contributed by atoms with Crippen molar-refractivity contribution in [1.29, 1.82) is 0 Å². The Labute approximate surface area is 184 Å². The molecule has 2 aliphatic carbocycles. The number of carbonyl (C=O) groups excluding carboxylic acids is 1. The molecule has 2 amide bonds. The summed E-state index contributed by atoms with van der Waals surface area (Å²) in [7, 11) is -3.91. The highest BCUT2D eigenvalue weighted by Gasteiger charge is 2.29. The number of carbonyl (C=O) groups is 1. The molecule has 7 nitrogen and oxygen atoms in total. The predicted octanol–water partition coefficient (Wildman–Crippen LogP) is 3.55. The molecule has 0 aromatic heterocycles. The van der Waals surface area contributed by atoms with Gasteiger partial charge in [0.15, 0.2) is 5.79 Å². The lowest BCUT2D eigenvalue weighted by Gasteiger charge is -2.18. The lowest BCUT2D eigenvalue weighted by Crippen LogP contribution is -2.22. The molecule has 0 aliphatic heterocycles. The van der Waals surface area contributed by atoms with E-state index in [1.807, 2.05) is 0 Å². The van der Waals surface area contributed by atoms with Crippen molar-refractivity contribution in [3.05, 3.63) is 56.9 Å². The van der Waals surface area contributed by atoms with E-state index < -0.39 is 32.4 Å². The number of urea groups is 1. The maximum Gasteiger partial charge on any atom is 0.354 e. The summed E-state index contributed by atoms with van der Waals surface area (Å²) < 4.78 is 30.9. The second-order valence-corrected chi connectivity index (χ2v) is 10.2. The number of hydrogen-bond acceptors (Lipinski definition) is 4. The molecule has 1 unspecified atom stereocenters. The van der Waals surface area contributed by atoms with E-state index in [4.69, 9.17) is 16.7 Å². The molecule has 2 aliphatic rings. The maximum atomic E-state index is 14.5. The molecule has 4 rings (SSSR count). The highest BCUT2D eigenvalue weighted by Crippen LogP contribution is 2.44. The summed E-state index contributed by atoms with van der Waals surface area (Å²) in [6.07, 6.45) is 5.07. The normalized spacial score (nSPS) is 17.1. The summed E-state index contributed by atoms with van der Waals surface area (Å²) in [4.78, 5) is 12.2. The molecule has 2 aromatic carbocycles. The number of anilines is 1. The van der Waals surface area contributed by atoms with Gasteiger partial charge in [0.1, 0.15) is 15.7 Å². The van der Waals surface area contributed by atoms with Crippen molar-refractivity contribution >= 4 is 33.2 Å². The Kier molecular flexibility index (Phi) is 5.60. The minimum Gasteiger partial charge on any atom is -0.362 e. The van der Waals surface area contributed by atoms with Gasteiger partial charge in [-0.3, -0.25) is 0 Å². The topological polar surface area (TPSA) is 125 Å². The van der Waals surface area contributed by atoms with Gasteiger partial charge in [-0.25, -0.2) is 18.5 Å². The molecule has 0 saturated carbocycles. The fourth-order valence-electron chi connectivity index (χ4n) is 4.37. The SMILES string of the molecule is CC(O)(O)c1ccc(S(N)(=O)=NC(=O)Nc2c3c(c(Cl)c4c2CCC4)CCC3)c(F)c1. The van der Waals surface area contributed by atoms with E-state index in [1.54, 1.807) is 0 Å². The zero-order valence-electron chi connectivity index (χ0n) is 16.9. The zero-order valence-corrected chi connectivity index (χ0v) is 18.4. The van der Waals surface area contributed by atoms with Crippen molar-refractivity contribution in [1.82, 2.24) is 0 Å². The largest absolute Gasteiger partial charge is 0.362 e. The third-order valence-corrected chi connectivity index (χ3v) is 7.67. The van der Waals surface area contributed by atoms with Crippen LogP contribution in [0.1, 0.15) is 47.6 Å². The summed E-state index contributed by atoms with van der Waals surface area (Å²) in [5.41, 5.74) is 4.51. The fourth-order valence-corrected chi connectivity index (χ4v) is 5.78. The lowest BCUT2D eigenvalue weighted by atomic mass is 9.98. The van der Waals surface area contributed by atoms with Gasteiger partial charge in [-0.2, -0.15) is 0 Å². The number of fused-ring (bicyclic) bond motifs is 2. The van der Waals surface area contributed by atoms with Gasteiger partial charge < -0.3 is 15.5 Å². The fraction of sp³-hybridized carbons (Fsp3) is 0.381. The van der Waals surface area contributed by atoms with Crippen molar-refractivity contribution in [2.45, 2.75) is 56.1 Å². The molecule has 5 N–H and O–H groups in total. The lowest BCUT2D eigenvalue weighted by molar-refractivity contribution is -0.152. The van der Waals surface area contributed by atoms with Crippen molar-refractivity contribution in [2.75, 3.05) is 5.32 Å². The summed E-state index contributed by atoms with van der Waals surface area (Å²) >= 11 is 6.58. The number of aliphatic hydroxyl groups is 2. The van der Waals surface area contributed by atoms with Gasteiger partial charge in [0, 0.05) is 16.3 Å². The van der Waals surface area contributed by atoms with Crippen LogP contribution >= 0.6 is 11.6 Å². The van der Waals surface area contributed by atoms with E-state index in [1.165, 1.54) is 0 Å². The Morgan fingerprint density at radius 2 is 1.71 bits per heavy atom. The van der Waals surface area contributed by atoms with E-state index in [2.05, 4.69) is 9.68 Å². The summed E-state index contributed by atoms with van der Waals surface area (Å²) in [6.45, 7) is 1.06. The average molecular weight is 468 g/mol. The Morgan fingerprint density at radius 3 is 2.23 bits per heavy atom. The number of rotatable bonds is 3. The molecule has 0 fully saturated rings. The van der Waals surface area contributed by atoms with Crippen LogP contribution in [0.5, 0.6) is 0 Å². The third kappa shape index (κ3) is 4.08. The number of amides is 2. The molecule has 0 bridgehead atoms. The Hall–Kier alpha value is -2.04. The van der Waals surface area contributed by atoms with Crippen molar-refractivity contribution in [3.8, 4) is 0 Å². The highest BCUT2D eigenvalue weighted by molar-refractivity contribution is 7.91. The smallest absolute Gasteiger partial charge is 0.354 e. The highest BCUT2D eigenvalue weighted by atomic mass is 35.5. The van der Waals surface area contributed by atoms with Crippen LogP contribution in [0.15, 0.2) is 27.5 Å². The van der Waals surface area contributed by atoms with Gasteiger partial charge >= 0.3 is 6.03 Å². The third-order valence-electron chi connectivity index (χ3n) is 5.81. The van der Waals surface area contributed by atoms with Crippen molar-refractivity contribution in [2.24, 2.45) is 9.50 Å². The van der Waals surface area contributed by atoms with Crippen LogP contribution in [0.3, 0.4) is 0 Å². The van der Waals surface area contributed by atoms with Gasteiger partial charge in [0.2, 0.25) is 0 Å². The van der Waals surface area contributed by atoms with E-state index in [0.717, 1.165) is 90.9 Å². The van der Waals surface area contributed by atoms with Crippen LogP contribution in [-0.4, -0.2) is 20.5 Å². The van der Waals surface area contributed by atoms with Crippen LogP contribution in [0, 0.1) is 5.82 Å². The number of nitrogens with two attached hydrogens (primary N) is 1. The number of hydrogen-bond donors (Lipinski definition) is 4. The standard InChI is InChI=1S/C21H23ClFN3O4S/c1-21(28,29)11-8-9-17(16(23)10-11)31(24,30)26-20(27)25-19-14-6-2-4-12(14)18(22)13-5-3-7-15(13)19/h8-10,28-29H,2-7H2,1H3,(H3,24,25,26,27,30). The van der Waals surface area contributed by atoms with Gasteiger partial charge in [-0.1, -0.05) is 17.7 Å². The predicted molar refractivity (Wildman–Crippen MR) is 116 cm³/mol. The summed E-state index contributed by atoms with van der Waals surface area (Å²) in [5, 5.41) is 28.4. The first kappa shape index (κ1) is 22.2. The minimum absolute atomic E-state index is 0.152. The van der Waals surface area contributed by atoms with Crippen molar-refractivity contribution in [3.63, 3.8) is 0 Å². The molecular weight excluding hydrogens is 445 g/mol. The molecule has 2 aromatic rings. The number of benzene rings is 2. The Morgan fingerprint density at radius 1 is 1.16 bits per heavy atom. The average Bonchev–Trinajstić information content (AvgIpc) is 3.33. The molecule has 1 atom stereocenters. The molecule has 0 heterocycles. The zero-order chi connectivity index (χ0) is 22.6. The Balaban J connectivity index is 1.69. The quantitative estimate of drug-likeness (QED) is 0.515. The first-order chi connectivity index (χ1) is 14.5. The Bertz CT molecular complexity index is 1180. The monoisotopic (exact) mass is 467 g/mol. The van der Waals surface area contributed by atoms with E-state index in [9.17, 15) is 23.6 Å². The molecule has 166 valence electrons. The first-order valence-corrected chi connectivity index (χ1v) is 11.9. The molecule has 31 heavy (non-hydrogen) atoms. The van der Waals surface area contributed by atoms with Gasteiger partial charge in [-0.15, -0.1) is 4.36 Å². The second-order valence-electron chi connectivity index (χ2n) is 8.07. The van der Waals surface area contributed by atoms with E-state index >= 15 is 0 Å². The number of nitrogens with zero attached hydrogens (tertiary/aromatic N) is 1. The maximum absolute atomic E-state index is 14.5. The molecule has 0 radical (unpaired) electrons. The van der Waals surface area contributed by atoms with Crippen molar-refractivity contribution < 1.29 is 23.6 Å². The van der Waals surface area contributed by atoms with Gasteiger partial charge in [-0.05, 0) is 79.8 Å². The molecule has 0 spiro atoms. The van der Waals surface area contributed by atoms with Crippen LogP contribution in [0.2, 0.25) is 5.02 Å². The molecular formula is C21H23ClFN3O4S. The van der Waals surface area contributed by atoms with Gasteiger partial charge in [0.25, 0.3) is 0 Å². The van der Waals surface area contributed by atoms with Crippen LogP contribution in [-0.2, 0) is 41.4 Å². The molecule has 10 heteroatoms. The molecule has 0 saturated heterocycles. The van der Waals surface area contributed by atoms with Gasteiger partial charge in [0.05, 0.1) is 4.90 Å². The second kappa shape index (κ2) is 7.83. The van der Waals surface area contributed by atoms with Crippen LogP contribution in [0.25, 0.3) is 0 Å².